The summed E-state index contributed by atoms with van der Waals surface area (Å²) >= 11 is 0. The first-order valence-electron chi connectivity index (χ1n) is 12.6. The Morgan fingerprint density at radius 3 is 1.90 bits per heavy atom. The molecule has 3 atom stereocenters. The van der Waals surface area contributed by atoms with Gasteiger partial charge in [0.1, 0.15) is 0 Å². The van der Waals surface area contributed by atoms with Crippen molar-refractivity contribution >= 4 is 17.6 Å². The quantitative estimate of drug-likeness (QED) is 0.691. The van der Waals surface area contributed by atoms with Gasteiger partial charge in [0.15, 0.2) is 0 Å². The number of amides is 2. The maximum absolute atomic E-state index is 13.2. The lowest BCUT2D eigenvalue weighted by atomic mass is 9.88. The summed E-state index contributed by atoms with van der Waals surface area (Å²) in [6.45, 7) is 6.15. The van der Waals surface area contributed by atoms with E-state index in [1.165, 1.54) is 25.7 Å². The first-order chi connectivity index (χ1) is 15.0. The summed E-state index contributed by atoms with van der Waals surface area (Å²) in [5.74, 6) is -0.520. The van der Waals surface area contributed by atoms with Crippen LogP contribution in [-0.4, -0.2) is 76.7 Å². The molecule has 0 spiro atoms. The SMILES string of the molecule is CC1NN(C2CCCCC2)C(C)C1C(=O)C(=O)N1CCN(C(=O)C2CCCCC2)CC1. The predicted octanol–water partition coefficient (Wildman–Crippen LogP) is 2.35. The highest BCUT2D eigenvalue weighted by Crippen LogP contribution is 2.31. The number of hydrogen-bond donors (Lipinski definition) is 1. The summed E-state index contributed by atoms with van der Waals surface area (Å²) in [5.41, 5.74) is 3.51. The van der Waals surface area contributed by atoms with Gasteiger partial charge in [0.25, 0.3) is 5.91 Å². The third kappa shape index (κ3) is 4.82. The third-order valence-corrected chi connectivity index (χ3v) is 8.16. The topological polar surface area (TPSA) is 73.0 Å². The van der Waals surface area contributed by atoms with Crippen LogP contribution in [-0.2, 0) is 14.4 Å². The average molecular weight is 433 g/mol. The number of nitrogens with one attached hydrogen (secondary N) is 1. The molecular weight excluding hydrogens is 392 g/mol. The van der Waals surface area contributed by atoms with E-state index in [0.29, 0.717) is 32.2 Å². The summed E-state index contributed by atoms with van der Waals surface area (Å²) < 4.78 is 0. The summed E-state index contributed by atoms with van der Waals surface area (Å²) in [6, 6.07) is 0.472. The van der Waals surface area contributed by atoms with Crippen molar-refractivity contribution in [1.29, 1.82) is 0 Å². The van der Waals surface area contributed by atoms with Gasteiger partial charge in [-0.3, -0.25) is 19.8 Å². The Bertz CT molecular complexity index is 664. The molecule has 2 aliphatic carbocycles. The fraction of sp³-hybridized carbons (Fsp3) is 0.875. The summed E-state index contributed by atoms with van der Waals surface area (Å²) in [5, 5.41) is 2.26. The van der Waals surface area contributed by atoms with Crippen molar-refractivity contribution in [1.82, 2.24) is 20.2 Å². The van der Waals surface area contributed by atoms with Crippen molar-refractivity contribution in [2.75, 3.05) is 26.2 Å². The fourth-order valence-corrected chi connectivity index (χ4v) is 6.30. The molecule has 0 bridgehead atoms. The van der Waals surface area contributed by atoms with Crippen LogP contribution in [0.25, 0.3) is 0 Å². The number of Topliss-reactive ketones (excluding diaryl/α,β-unsaturated/α-hetero) is 1. The molecule has 0 aromatic heterocycles. The van der Waals surface area contributed by atoms with Crippen molar-refractivity contribution in [2.24, 2.45) is 11.8 Å². The molecular formula is C24H40N4O3. The van der Waals surface area contributed by atoms with Gasteiger partial charge in [-0.15, -0.1) is 0 Å². The highest BCUT2D eigenvalue weighted by Gasteiger charge is 2.46. The van der Waals surface area contributed by atoms with E-state index in [-0.39, 0.29) is 41.5 Å². The zero-order valence-electron chi connectivity index (χ0n) is 19.4. The number of hydrazine groups is 1. The maximum Gasteiger partial charge on any atom is 0.290 e. The molecule has 0 aromatic carbocycles. The average Bonchev–Trinajstić information content (AvgIpc) is 3.12. The predicted molar refractivity (Wildman–Crippen MR) is 119 cm³/mol. The molecule has 2 amide bonds. The van der Waals surface area contributed by atoms with E-state index in [1.807, 2.05) is 11.8 Å². The van der Waals surface area contributed by atoms with Crippen LogP contribution < -0.4 is 5.43 Å². The molecule has 7 nitrogen and oxygen atoms in total. The van der Waals surface area contributed by atoms with Gasteiger partial charge in [0, 0.05) is 50.2 Å². The molecule has 2 aliphatic heterocycles. The minimum atomic E-state index is -0.360. The van der Waals surface area contributed by atoms with E-state index in [2.05, 4.69) is 17.4 Å². The molecule has 1 N–H and O–H groups in total. The van der Waals surface area contributed by atoms with Crippen molar-refractivity contribution < 1.29 is 14.4 Å². The molecule has 174 valence electrons. The lowest BCUT2D eigenvalue weighted by molar-refractivity contribution is -0.150. The Morgan fingerprint density at radius 1 is 0.742 bits per heavy atom. The Hall–Kier alpha value is -1.47. The molecule has 4 fully saturated rings. The van der Waals surface area contributed by atoms with Crippen molar-refractivity contribution in [3.8, 4) is 0 Å². The number of carbonyl (C=O) groups excluding carboxylic acids is 3. The first-order valence-corrected chi connectivity index (χ1v) is 12.6. The van der Waals surface area contributed by atoms with Crippen LogP contribution >= 0.6 is 0 Å². The zero-order chi connectivity index (χ0) is 22.0. The van der Waals surface area contributed by atoms with E-state index >= 15 is 0 Å². The standard InChI is InChI=1S/C24H40N4O3/c1-17-21(18(2)28(25-17)20-11-7-4-8-12-20)22(29)24(31)27-15-13-26(14-16-27)23(30)19-9-5-3-6-10-19/h17-21,25H,3-16H2,1-2H3. The molecule has 2 heterocycles. The molecule has 3 unspecified atom stereocenters. The van der Waals surface area contributed by atoms with Crippen molar-refractivity contribution in [3.63, 3.8) is 0 Å². The van der Waals surface area contributed by atoms with Crippen LogP contribution in [0.3, 0.4) is 0 Å². The Labute approximate surface area is 186 Å². The molecule has 0 radical (unpaired) electrons. The molecule has 31 heavy (non-hydrogen) atoms. The van der Waals surface area contributed by atoms with E-state index in [1.54, 1.807) is 4.90 Å². The van der Waals surface area contributed by atoms with Crippen LogP contribution in [0.2, 0.25) is 0 Å². The normalized spacial score (nSPS) is 31.7. The van der Waals surface area contributed by atoms with Gasteiger partial charge >= 0.3 is 0 Å². The Balaban J connectivity index is 1.31. The summed E-state index contributed by atoms with van der Waals surface area (Å²) in [7, 11) is 0. The highest BCUT2D eigenvalue weighted by molar-refractivity contribution is 6.37. The fourth-order valence-electron chi connectivity index (χ4n) is 6.30. The van der Waals surface area contributed by atoms with E-state index in [0.717, 1.165) is 38.5 Å². The number of rotatable bonds is 4. The minimum Gasteiger partial charge on any atom is -0.339 e. The second-order valence-corrected chi connectivity index (χ2v) is 10.2. The van der Waals surface area contributed by atoms with Crippen LogP contribution in [0.4, 0.5) is 0 Å². The maximum atomic E-state index is 13.2. The van der Waals surface area contributed by atoms with Crippen LogP contribution in [0.1, 0.15) is 78.1 Å². The zero-order valence-corrected chi connectivity index (χ0v) is 19.4. The van der Waals surface area contributed by atoms with Gasteiger partial charge in [-0.1, -0.05) is 38.5 Å². The minimum absolute atomic E-state index is 0.0254. The van der Waals surface area contributed by atoms with Gasteiger partial charge in [0.2, 0.25) is 11.7 Å². The van der Waals surface area contributed by atoms with Crippen molar-refractivity contribution in [3.05, 3.63) is 0 Å². The number of piperazine rings is 1. The summed E-state index contributed by atoms with van der Waals surface area (Å²) in [4.78, 5) is 42.7. The van der Waals surface area contributed by atoms with Crippen LogP contribution in [0, 0.1) is 11.8 Å². The molecule has 2 saturated carbocycles. The van der Waals surface area contributed by atoms with Gasteiger partial charge < -0.3 is 9.80 Å². The largest absolute Gasteiger partial charge is 0.339 e. The molecule has 7 heteroatoms. The van der Waals surface area contributed by atoms with E-state index in [4.69, 9.17) is 0 Å². The highest BCUT2D eigenvalue weighted by atomic mass is 16.2. The number of hydrogen-bond acceptors (Lipinski definition) is 5. The number of nitrogens with zero attached hydrogens (tertiary/aromatic N) is 3. The lowest BCUT2D eigenvalue weighted by Gasteiger charge is -2.37. The molecule has 2 saturated heterocycles. The van der Waals surface area contributed by atoms with E-state index < -0.39 is 0 Å². The van der Waals surface area contributed by atoms with Gasteiger partial charge in [-0.2, -0.15) is 0 Å². The molecule has 4 rings (SSSR count). The van der Waals surface area contributed by atoms with Gasteiger partial charge in [0.05, 0.1) is 5.92 Å². The second kappa shape index (κ2) is 9.99. The number of ketones is 1. The first kappa shape index (κ1) is 22.7. The van der Waals surface area contributed by atoms with Crippen LogP contribution in [0.15, 0.2) is 0 Å². The molecule has 4 aliphatic rings. The monoisotopic (exact) mass is 432 g/mol. The second-order valence-electron chi connectivity index (χ2n) is 10.2. The lowest BCUT2D eigenvalue weighted by Crippen LogP contribution is -2.55. The van der Waals surface area contributed by atoms with Gasteiger partial charge in [-0.05, 0) is 39.5 Å². The Morgan fingerprint density at radius 2 is 1.29 bits per heavy atom. The number of carbonyl (C=O) groups is 3. The summed E-state index contributed by atoms with van der Waals surface area (Å²) in [6.07, 6.45) is 11.6. The van der Waals surface area contributed by atoms with Gasteiger partial charge in [-0.25, -0.2) is 5.01 Å². The Kier molecular flexibility index (Phi) is 7.32. The van der Waals surface area contributed by atoms with Crippen molar-refractivity contribution in [2.45, 2.75) is 96.2 Å². The smallest absolute Gasteiger partial charge is 0.290 e. The third-order valence-electron chi connectivity index (χ3n) is 8.16. The van der Waals surface area contributed by atoms with E-state index in [9.17, 15) is 14.4 Å². The van der Waals surface area contributed by atoms with Crippen LogP contribution in [0.5, 0.6) is 0 Å². The molecule has 0 aromatic rings.